The monoisotopic (exact) mass is 524 g/mol. The van der Waals surface area contributed by atoms with Gasteiger partial charge in [0.2, 0.25) is 0 Å². The number of likely N-dealkylation sites (tertiary alicyclic amines) is 1. The second-order valence-corrected chi connectivity index (χ2v) is 12.1. The number of nitriles is 1. The molecule has 0 bridgehead atoms. The van der Waals surface area contributed by atoms with Crippen molar-refractivity contribution in [1.29, 1.82) is 5.26 Å². The highest BCUT2D eigenvalue weighted by Crippen LogP contribution is 2.40. The average Bonchev–Trinajstić information content (AvgIpc) is 3.65. The van der Waals surface area contributed by atoms with Crippen LogP contribution in [0, 0.1) is 16.7 Å². The van der Waals surface area contributed by atoms with Crippen LogP contribution in [-0.4, -0.2) is 67.8 Å². The minimum atomic E-state index is -0.117. The van der Waals surface area contributed by atoms with Crippen molar-refractivity contribution in [3.63, 3.8) is 0 Å². The number of ether oxygens (including phenoxy) is 1. The fraction of sp³-hybridized carbons (Fsp3) is 0.467. The summed E-state index contributed by atoms with van der Waals surface area (Å²) in [4.78, 5) is 9.84. The van der Waals surface area contributed by atoms with Crippen LogP contribution in [0.15, 0.2) is 49.2 Å². The van der Waals surface area contributed by atoms with E-state index < -0.39 is 0 Å². The molecule has 6 heterocycles. The number of aromatic nitrogens is 5. The van der Waals surface area contributed by atoms with Gasteiger partial charge >= 0.3 is 0 Å². The van der Waals surface area contributed by atoms with Crippen LogP contribution in [0.25, 0.3) is 27.8 Å². The molecule has 9 heteroatoms. The lowest BCUT2D eigenvalue weighted by molar-refractivity contribution is -0.0597. The second kappa shape index (κ2) is 9.78. The fourth-order valence-corrected chi connectivity index (χ4v) is 6.04. The third-order valence-electron chi connectivity index (χ3n) is 8.01. The van der Waals surface area contributed by atoms with E-state index in [4.69, 9.17) is 9.72 Å². The predicted octanol–water partition coefficient (Wildman–Crippen LogP) is 4.73. The van der Waals surface area contributed by atoms with E-state index in [0.717, 1.165) is 59.8 Å². The van der Waals surface area contributed by atoms with Gasteiger partial charge in [0.1, 0.15) is 11.9 Å². The van der Waals surface area contributed by atoms with Gasteiger partial charge in [-0.2, -0.15) is 15.5 Å². The van der Waals surface area contributed by atoms with Gasteiger partial charge in [-0.1, -0.05) is 0 Å². The number of aryl methyl sites for hydroxylation is 1. The fourth-order valence-electron chi connectivity index (χ4n) is 6.04. The molecule has 9 nitrogen and oxygen atoms in total. The molecule has 202 valence electrons. The molecule has 1 unspecified atom stereocenters. The van der Waals surface area contributed by atoms with Gasteiger partial charge in [-0.05, 0) is 58.2 Å². The Morgan fingerprint density at radius 3 is 2.59 bits per heavy atom. The number of nitrogens with zero attached hydrogens (tertiary/aromatic N) is 8. The van der Waals surface area contributed by atoms with Crippen LogP contribution in [0.3, 0.4) is 0 Å². The normalized spacial score (nSPS) is 20.2. The summed E-state index contributed by atoms with van der Waals surface area (Å²) in [7, 11) is 1.90. The van der Waals surface area contributed by atoms with Crippen molar-refractivity contribution >= 4 is 11.3 Å². The Kier molecular flexibility index (Phi) is 6.40. The number of hydrogen-bond acceptors (Lipinski definition) is 7. The number of fused-ring (bicyclic) bond motifs is 1. The summed E-state index contributed by atoms with van der Waals surface area (Å²) in [5.74, 6) is 1.01. The topological polar surface area (TPSA) is 87.5 Å². The van der Waals surface area contributed by atoms with Gasteiger partial charge < -0.3 is 9.64 Å². The van der Waals surface area contributed by atoms with Gasteiger partial charge in [0, 0.05) is 79.5 Å². The molecule has 2 aliphatic heterocycles. The molecule has 2 aliphatic rings. The van der Waals surface area contributed by atoms with Gasteiger partial charge in [-0.3, -0.25) is 9.58 Å². The van der Waals surface area contributed by atoms with E-state index >= 15 is 0 Å². The maximum Gasteiger partial charge on any atom is 0.128 e. The van der Waals surface area contributed by atoms with Gasteiger partial charge in [0.05, 0.1) is 35.8 Å². The van der Waals surface area contributed by atoms with E-state index in [2.05, 4.69) is 65.0 Å². The molecule has 1 atom stereocenters. The molecular formula is C30H36N8O. The van der Waals surface area contributed by atoms with E-state index in [1.165, 1.54) is 19.3 Å². The van der Waals surface area contributed by atoms with Crippen LogP contribution in [-0.2, 0) is 11.8 Å². The summed E-state index contributed by atoms with van der Waals surface area (Å²) in [6.45, 7) is 11.3. The minimum absolute atomic E-state index is 0.117. The number of anilines is 1. The quantitative estimate of drug-likeness (QED) is 0.373. The van der Waals surface area contributed by atoms with Crippen molar-refractivity contribution in [2.24, 2.45) is 12.5 Å². The summed E-state index contributed by atoms with van der Waals surface area (Å²) in [5.41, 5.74) is 5.40. The number of rotatable bonds is 5. The SMILES string of the molecule is Cn1cc(-c2cc(-c3ccc(N4CCCC5(CCN(COC(C)(C)C)C5)C4)nc3)c3c(C#N)cnn3c2)cn1. The summed E-state index contributed by atoms with van der Waals surface area (Å²) in [5, 5.41) is 18.5. The van der Waals surface area contributed by atoms with Gasteiger partial charge in [-0.25, -0.2) is 9.50 Å². The summed E-state index contributed by atoms with van der Waals surface area (Å²) < 4.78 is 9.63. The molecule has 6 rings (SSSR count). The van der Waals surface area contributed by atoms with Crippen molar-refractivity contribution in [1.82, 2.24) is 29.3 Å². The van der Waals surface area contributed by atoms with Crippen LogP contribution < -0.4 is 4.90 Å². The standard InChI is InChI=1S/C30H36N8O/c1-29(2,3)39-21-36-11-9-30(19-36)8-5-10-37(20-30)27-7-6-22(14-32-27)26-12-23(25-16-33-35(4)17-25)18-38-28(26)24(13-31)15-34-38/h6-7,12,14-18H,5,8-11,19-21H2,1-4H3. The lowest BCUT2D eigenvalue weighted by Crippen LogP contribution is -2.45. The van der Waals surface area contributed by atoms with E-state index in [1.807, 2.05) is 31.8 Å². The summed E-state index contributed by atoms with van der Waals surface area (Å²) >= 11 is 0. The molecule has 0 saturated carbocycles. The molecule has 0 N–H and O–H groups in total. The Bertz CT molecular complexity index is 1520. The number of hydrogen-bond donors (Lipinski definition) is 0. The van der Waals surface area contributed by atoms with Crippen LogP contribution >= 0.6 is 0 Å². The van der Waals surface area contributed by atoms with Crippen LogP contribution in [0.2, 0.25) is 0 Å². The highest BCUT2D eigenvalue weighted by Gasteiger charge is 2.41. The van der Waals surface area contributed by atoms with Crippen molar-refractivity contribution in [2.75, 3.05) is 37.8 Å². The molecule has 1 spiro atoms. The van der Waals surface area contributed by atoms with Crippen molar-refractivity contribution < 1.29 is 4.74 Å². The molecule has 2 saturated heterocycles. The second-order valence-electron chi connectivity index (χ2n) is 12.1. The first-order chi connectivity index (χ1) is 18.7. The van der Waals surface area contributed by atoms with E-state index in [9.17, 15) is 5.26 Å². The van der Waals surface area contributed by atoms with Crippen molar-refractivity contribution in [2.45, 2.75) is 45.6 Å². The van der Waals surface area contributed by atoms with Crippen molar-refractivity contribution in [3.8, 4) is 28.3 Å². The van der Waals surface area contributed by atoms with E-state index in [1.54, 1.807) is 15.4 Å². The van der Waals surface area contributed by atoms with Crippen molar-refractivity contribution in [3.05, 3.63) is 54.7 Å². The predicted molar refractivity (Wildman–Crippen MR) is 151 cm³/mol. The third-order valence-corrected chi connectivity index (χ3v) is 8.01. The first kappa shape index (κ1) is 25.5. The highest BCUT2D eigenvalue weighted by molar-refractivity contribution is 5.87. The Hall–Kier alpha value is -3.74. The molecule has 2 fully saturated rings. The number of piperidine rings is 1. The maximum absolute atomic E-state index is 9.74. The molecule has 39 heavy (non-hydrogen) atoms. The Labute approximate surface area is 229 Å². The Morgan fingerprint density at radius 2 is 1.87 bits per heavy atom. The molecular weight excluding hydrogens is 488 g/mol. The maximum atomic E-state index is 9.74. The Balaban J connectivity index is 1.25. The molecule has 0 aromatic carbocycles. The lowest BCUT2D eigenvalue weighted by atomic mass is 9.79. The zero-order chi connectivity index (χ0) is 27.2. The lowest BCUT2D eigenvalue weighted by Gasteiger charge is -2.41. The van der Waals surface area contributed by atoms with E-state index in [-0.39, 0.29) is 5.60 Å². The van der Waals surface area contributed by atoms with Crippen LogP contribution in [0.5, 0.6) is 0 Å². The summed E-state index contributed by atoms with van der Waals surface area (Å²) in [6, 6.07) is 8.65. The zero-order valence-electron chi connectivity index (χ0n) is 23.3. The average molecular weight is 525 g/mol. The van der Waals surface area contributed by atoms with Gasteiger partial charge in [0.15, 0.2) is 0 Å². The first-order valence-corrected chi connectivity index (χ1v) is 13.7. The third kappa shape index (κ3) is 5.14. The van der Waals surface area contributed by atoms with E-state index in [0.29, 0.717) is 17.7 Å². The molecule has 0 amide bonds. The van der Waals surface area contributed by atoms with Gasteiger partial charge in [-0.15, -0.1) is 0 Å². The zero-order valence-corrected chi connectivity index (χ0v) is 23.3. The molecule has 4 aromatic heterocycles. The minimum Gasteiger partial charge on any atom is -0.360 e. The number of pyridine rings is 2. The molecule has 0 aliphatic carbocycles. The first-order valence-electron chi connectivity index (χ1n) is 13.7. The highest BCUT2D eigenvalue weighted by atomic mass is 16.5. The molecule has 0 radical (unpaired) electrons. The summed E-state index contributed by atoms with van der Waals surface area (Å²) in [6.07, 6.45) is 13.0. The van der Waals surface area contributed by atoms with Crippen LogP contribution in [0.4, 0.5) is 5.82 Å². The van der Waals surface area contributed by atoms with Crippen LogP contribution in [0.1, 0.15) is 45.6 Å². The Morgan fingerprint density at radius 1 is 1.00 bits per heavy atom. The largest absolute Gasteiger partial charge is 0.360 e. The molecule has 4 aromatic rings. The smallest absolute Gasteiger partial charge is 0.128 e. The van der Waals surface area contributed by atoms with Gasteiger partial charge in [0.25, 0.3) is 0 Å².